The molecule has 4 nitrogen and oxygen atoms in total. The van der Waals surface area contributed by atoms with Gasteiger partial charge >= 0.3 is 0 Å². The molecule has 0 bridgehead atoms. The molecule has 1 fully saturated rings. The van der Waals surface area contributed by atoms with Gasteiger partial charge in [-0.2, -0.15) is 0 Å². The monoisotopic (exact) mass is 276 g/mol. The summed E-state index contributed by atoms with van der Waals surface area (Å²) in [7, 11) is 4.05. The van der Waals surface area contributed by atoms with Crippen molar-refractivity contribution in [1.82, 2.24) is 5.32 Å². The first-order valence-electron chi connectivity index (χ1n) is 7.26. The fraction of sp³-hybridized carbons (Fsp3) is 0.562. The van der Waals surface area contributed by atoms with Crippen LogP contribution in [0.2, 0.25) is 0 Å². The van der Waals surface area contributed by atoms with Crippen molar-refractivity contribution >= 4 is 11.6 Å². The summed E-state index contributed by atoms with van der Waals surface area (Å²) in [6.07, 6.45) is 2.40. The van der Waals surface area contributed by atoms with Gasteiger partial charge in [-0.25, -0.2) is 0 Å². The predicted molar refractivity (Wildman–Crippen MR) is 81.0 cm³/mol. The van der Waals surface area contributed by atoms with Crippen molar-refractivity contribution in [2.45, 2.75) is 19.3 Å². The van der Waals surface area contributed by atoms with Gasteiger partial charge in [0.05, 0.1) is 6.61 Å². The van der Waals surface area contributed by atoms with E-state index in [9.17, 15) is 4.79 Å². The topological polar surface area (TPSA) is 41.6 Å². The molecule has 4 heteroatoms. The van der Waals surface area contributed by atoms with E-state index in [1.807, 2.05) is 14.1 Å². The minimum absolute atomic E-state index is 0.133. The Morgan fingerprint density at radius 2 is 2.10 bits per heavy atom. The second kappa shape index (κ2) is 7.29. The van der Waals surface area contributed by atoms with Gasteiger partial charge in [0.15, 0.2) is 0 Å². The molecule has 1 aliphatic heterocycles. The van der Waals surface area contributed by atoms with Crippen LogP contribution >= 0.6 is 0 Å². The van der Waals surface area contributed by atoms with Gasteiger partial charge in [0, 0.05) is 45.3 Å². The van der Waals surface area contributed by atoms with Gasteiger partial charge < -0.3 is 15.0 Å². The number of nitrogens with zero attached hydrogens (tertiary/aromatic N) is 1. The van der Waals surface area contributed by atoms with Crippen molar-refractivity contribution in [2.75, 3.05) is 38.8 Å². The summed E-state index contributed by atoms with van der Waals surface area (Å²) in [5.74, 6) is 0.631. The van der Waals surface area contributed by atoms with Crippen LogP contribution in [0.5, 0.6) is 0 Å². The molecule has 0 saturated carbocycles. The quantitative estimate of drug-likeness (QED) is 0.862. The van der Waals surface area contributed by atoms with Gasteiger partial charge in [-0.3, -0.25) is 4.79 Å². The van der Waals surface area contributed by atoms with Crippen molar-refractivity contribution in [3.8, 4) is 0 Å². The summed E-state index contributed by atoms with van der Waals surface area (Å²) in [6.45, 7) is 2.36. The number of rotatable bonds is 6. The third-order valence-corrected chi connectivity index (χ3v) is 3.71. The molecular formula is C16H24N2O2. The number of anilines is 1. The molecule has 1 N–H and O–H groups in total. The number of amides is 1. The summed E-state index contributed by atoms with van der Waals surface area (Å²) >= 11 is 0. The summed E-state index contributed by atoms with van der Waals surface area (Å²) in [6, 6.07) is 8.35. The lowest BCUT2D eigenvalue weighted by Gasteiger charge is -2.13. The molecule has 1 aliphatic rings. The number of nitrogens with one attached hydrogen (secondary N) is 1. The van der Waals surface area contributed by atoms with Crippen molar-refractivity contribution < 1.29 is 9.53 Å². The lowest BCUT2D eigenvalue weighted by atomic mass is 10.1. The van der Waals surface area contributed by atoms with Gasteiger partial charge in [0.25, 0.3) is 0 Å². The molecule has 0 aliphatic carbocycles. The Labute approximate surface area is 121 Å². The molecule has 1 aromatic carbocycles. The maximum Gasteiger partial charge on any atom is 0.220 e. The lowest BCUT2D eigenvalue weighted by Crippen LogP contribution is -2.29. The van der Waals surface area contributed by atoms with E-state index in [0.29, 0.717) is 12.3 Å². The average molecular weight is 276 g/mol. The van der Waals surface area contributed by atoms with E-state index in [2.05, 4.69) is 34.5 Å². The van der Waals surface area contributed by atoms with Gasteiger partial charge in [0.2, 0.25) is 5.91 Å². The van der Waals surface area contributed by atoms with Crippen molar-refractivity contribution in [3.05, 3.63) is 29.8 Å². The molecule has 20 heavy (non-hydrogen) atoms. The number of aryl methyl sites for hydroxylation is 1. The van der Waals surface area contributed by atoms with Crippen molar-refractivity contribution in [3.63, 3.8) is 0 Å². The Morgan fingerprint density at radius 3 is 2.70 bits per heavy atom. The highest BCUT2D eigenvalue weighted by atomic mass is 16.5. The molecule has 110 valence electrons. The van der Waals surface area contributed by atoms with Gasteiger partial charge in [0.1, 0.15) is 0 Å². The second-order valence-corrected chi connectivity index (χ2v) is 5.59. The Kier molecular flexibility index (Phi) is 5.41. The van der Waals surface area contributed by atoms with E-state index < -0.39 is 0 Å². The molecule has 0 radical (unpaired) electrons. The van der Waals surface area contributed by atoms with E-state index in [0.717, 1.165) is 32.6 Å². The summed E-state index contributed by atoms with van der Waals surface area (Å²) < 4.78 is 5.29. The van der Waals surface area contributed by atoms with Crippen LogP contribution in [0.3, 0.4) is 0 Å². The van der Waals surface area contributed by atoms with Crippen molar-refractivity contribution in [1.29, 1.82) is 0 Å². The van der Waals surface area contributed by atoms with Crippen molar-refractivity contribution in [2.24, 2.45) is 5.92 Å². The minimum atomic E-state index is 0.133. The van der Waals surface area contributed by atoms with Crippen LogP contribution in [0.25, 0.3) is 0 Å². The molecule has 1 atom stereocenters. The highest BCUT2D eigenvalue weighted by Gasteiger charge is 2.16. The first-order valence-corrected chi connectivity index (χ1v) is 7.26. The third-order valence-electron chi connectivity index (χ3n) is 3.71. The largest absolute Gasteiger partial charge is 0.381 e. The van der Waals surface area contributed by atoms with Crippen LogP contribution in [0.1, 0.15) is 18.4 Å². The molecule has 0 aromatic heterocycles. The van der Waals surface area contributed by atoms with Gasteiger partial charge in [-0.1, -0.05) is 12.1 Å². The smallest absolute Gasteiger partial charge is 0.220 e. The van der Waals surface area contributed by atoms with E-state index in [1.165, 1.54) is 11.3 Å². The molecule has 1 amide bonds. The standard InChI is InChI=1S/C16H24N2O2/c1-18(2)15-6-3-13(4-7-15)5-8-16(19)17-11-14-9-10-20-12-14/h3-4,6-7,14H,5,8-12H2,1-2H3,(H,17,19). The summed E-state index contributed by atoms with van der Waals surface area (Å²) in [5, 5.41) is 3.00. The molecular weight excluding hydrogens is 252 g/mol. The Bertz CT molecular complexity index is 423. The Morgan fingerprint density at radius 1 is 1.35 bits per heavy atom. The number of carbonyl (C=O) groups is 1. The number of hydrogen-bond acceptors (Lipinski definition) is 3. The number of benzene rings is 1. The normalized spacial score (nSPS) is 18.0. The maximum atomic E-state index is 11.8. The van der Waals surface area contributed by atoms with E-state index in [1.54, 1.807) is 0 Å². The van der Waals surface area contributed by atoms with E-state index >= 15 is 0 Å². The zero-order chi connectivity index (χ0) is 14.4. The molecule has 1 saturated heterocycles. The molecule has 1 heterocycles. The number of hydrogen-bond donors (Lipinski definition) is 1. The molecule has 0 spiro atoms. The van der Waals surface area contributed by atoms with E-state index in [-0.39, 0.29) is 5.91 Å². The molecule has 1 aromatic rings. The average Bonchev–Trinajstić information content (AvgIpc) is 2.96. The maximum absolute atomic E-state index is 11.8. The van der Waals surface area contributed by atoms with Crippen LogP contribution in [-0.2, 0) is 16.0 Å². The van der Waals surface area contributed by atoms with Crippen LogP contribution in [0.4, 0.5) is 5.69 Å². The SMILES string of the molecule is CN(C)c1ccc(CCC(=O)NCC2CCOC2)cc1. The highest BCUT2D eigenvalue weighted by Crippen LogP contribution is 2.14. The second-order valence-electron chi connectivity index (χ2n) is 5.59. The van der Waals surface area contributed by atoms with Crippen LogP contribution in [0.15, 0.2) is 24.3 Å². The van der Waals surface area contributed by atoms with Crippen LogP contribution in [-0.4, -0.2) is 39.8 Å². The number of carbonyl (C=O) groups excluding carboxylic acids is 1. The summed E-state index contributed by atoms with van der Waals surface area (Å²) in [5.41, 5.74) is 2.38. The molecule has 2 rings (SSSR count). The van der Waals surface area contributed by atoms with Crippen LogP contribution in [0, 0.1) is 5.92 Å². The first-order chi connectivity index (χ1) is 9.65. The predicted octanol–water partition coefficient (Wildman–Crippen LogP) is 1.84. The van der Waals surface area contributed by atoms with Gasteiger partial charge in [-0.15, -0.1) is 0 Å². The lowest BCUT2D eigenvalue weighted by molar-refractivity contribution is -0.121. The minimum Gasteiger partial charge on any atom is -0.381 e. The van der Waals surface area contributed by atoms with E-state index in [4.69, 9.17) is 4.74 Å². The first kappa shape index (κ1) is 14.9. The Balaban J connectivity index is 1.69. The molecule has 1 unspecified atom stereocenters. The van der Waals surface area contributed by atoms with Gasteiger partial charge in [-0.05, 0) is 30.5 Å². The fourth-order valence-corrected chi connectivity index (χ4v) is 2.31. The third kappa shape index (κ3) is 4.53. The summed E-state index contributed by atoms with van der Waals surface area (Å²) in [4.78, 5) is 13.9. The zero-order valence-corrected chi connectivity index (χ0v) is 12.4. The Hall–Kier alpha value is -1.55. The number of ether oxygens (including phenoxy) is 1. The zero-order valence-electron chi connectivity index (χ0n) is 12.4. The van der Waals surface area contributed by atoms with Crippen LogP contribution < -0.4 is 10.2 Å². The highest BCUT2D eigenvalue weighted by molar-refractivity contribution is 5.76. The fourth-order valence-electron chi connectivity index (χ4n) is 2.31.